The third-order valence-corrected chi connectivity index (χ3v) is 5.76. The highest BCUT2D eigenvalue weighted by Crippen LogP contribution is 2.31. The maximum atomic E-state index is 12.8. The van der Waals surface area contributed by atoms with Gasteiger partial charge in [0.15, 0.2) is 0 Å². The average molecular weight is 355 g/mol. The third-order valence-electron chi connectivity index (χ3n) is 3.94. The molecule has 1 aliphatic rings. The molecule has 2 aromatic rings. The zero-order chi connectivity index (χ0) is 18.0. The van der Waals surface area contributed by atoms with E-state index in [-0.39, 0.29) is 24.1 Å². The molecule has 0 saturated carbocycles. The fourth-order valence-corrected chi connectivity index (χ4v) is 4.14. The van der Waals surface area contributed by atoms with Crippen molar-refractivity contribution in [1.29, 1.82) is 4.78 Å². The van der Waals surface area contributed by atoms with Gasteiger partial charge in [0, 0.05) is 17.8 Å². The highest BCUT2D eigenvalue weighted by molar-refractivity contribution is 7.92. The van der Waals surface area contributed by atoms with Crippen molar-refractivity contribution in [3.05, 3.63) is 66.7 Å². The van der Waals surface area contributed by atoms with Crippen molar-refractivity contribution in [1.82, 2.24) is 0 Å². The van der Waals surface area contributed by atoms with Gasteiger partial charge in [-0.25, -0.2) is 8.99 Å². The van der Waals surface area contributed by atoms with Gasteiger partial charge in [-0.3, -0.25) is 9.59 Å². The van der Waals surface area contributed by atoms with Gasteiger partial charge in [0.2, 0.25) is 5.91 Å². The Morgan fingerprint density at radius 2 is 1.84 bits per heavy atom. The smallest absolute Gasteiger partial charge is 0.258 e. The average Bonchev–Trinajstić information content (AvgIpc) is 2.62. The Balaban J connectivity index is 1.89. The van der Waals surface area contributed by atoms with Crippen LogP contribution < -0.4 is 10.2 Å². The Kier molecular flexibility index (Phi) is 4.41. The fraction of sp³-hybridized carbons (Fsp3) is 0.111. The van der Waals surface area contributed by atoms with Crippen LogP contribution in [-0.2, 0) is 14.5 Å². The molecule has 7 heteroatoms. The van der Waals surface area contributed by atoms with Crippen molar-refractivity contribution in [2.24, 2.45) is 0 Å². The summed E-state index contributed by atoms with van der Waals surface area (Å²) < 4.78 is 20.4. The molecule has 1 unspecified atom stereocenters. The lowest BCUT2D eigenvalue weighted by molar-refractivity contribution is -0.111. The molecule has 2 amide bonds. The molecular weight excluding hydrogens is 338 g/mol. The number of hydrogen-bond donors (Lipinski definition) is 2. The topological polar surface area (TPSA) is 90.3 Å². The Morgan fingerprint density at radius 1 is 1.16 bits per heavy atom. The summed E-state index contributed by atoms with van der Waals surface area (Å²) in [5.74, 6) is -0.443. The van der Waals surface area contributed by atoms with E-state index in [1.165, 1.54) is 6.08 Å². The molecule has 2 aromatic carbocycles. The SMILES string of the molecule is C=CC(=O)Nc1ccc(C(=O)N2CCS(=N)(=O)c3ccccc32)cc1. The summed E-state index contributed by atoms with van der Waals surface area (Å²) in [4.78, 5) is 26.1. The van der Waals surface area contributed by atoms with Gasteiger partial charge in [0.25, 0.3) is 5.91 Å². The number of nitrogens with zero attached hydrogens (tertiary/aromatic N) is 1. The van der Waals surface area contributed by atoms with Crippen molar-refractivity contribution < 1.29 is 13.8 Å². The zero-order valence-electron chi connectivity index (χ0n) is 13.4. The first-order valence-corrected chi connectivity index (χ1v) is 9.36. The first-order valence-electron chi connectivity index (χ1n) is 7.63. The second kappa shape index (κ2) is 6.52. The normalized spacial score (nSPS) is 19.0. The Morgan fingerprint density at radius 3 is 2.52 bits per heavy atom. The van der Waals surface area contributed by atoms with Gasteiger partial charge in [-0.1, -0.05) is 18.7 Å². The van der Waals surface area contributed by atoms with Crippen molar-refractivity contribution in [3.8, 4) is 0 Å². The van der Waals surface area contributed by atoms with Crippen LogP contribution in [0.5, 0.6) is 0 Å². The maximum absolute atomic E-state index is 12.8. The number of rotatable bonds is 3. The Labute approximate surface area is 146 Å². The first-order chi connectivity index (χ1) is 11.9. The predicted octanol–water partition coefficient (Wildman–Crippen LogP) is 2.88. The number of carbonyl (C=O) groups excluding carboxylic acids is 2. The number of amides is 2. The molecule has 128 valence electrons. The number of benzene rings is 2. The third kappa shape index (κ3) is 3.32. The lowest BCUT2D eigenvalue weighted by atomic mass is 10.1. The van der Waals surface area contributed by atoms with Crippen LogP contribution >= 0.6 is 0 Å². The Hall–Kier alpha value is -2.93. The van der Waals surface area contributed by atoms with Crippen LogP contribution in [-0.4, -0.2) is 28.3 Å². The standard InChI is InChI=1S/C18H17N3O3S/c1-2-17(22)20-14-9-7-13(8-10-14)18(23)21-11-12-25(19,24)16-6-4-3-5-15(16)21/h2-10,19H,1,11-12H2,(H,20,22). The monoisotopic (exact) mass is 355 g/mol. The number of nitrogens with one attached hydrogen (secondary N) is 2. The van der Waals surface area contributed by atoms with Gasteiger partial charge >= 0.3 is 0 Å². The molecule has 2 N–H and O–H groups in total. The largest absolute Gasteiger partial charge is 0.323 e. The van der Waals surface area contributed by atoms with E-state index < -0.39 is 9.73 Å². The van der Waals surface area contributed by atoms with E-state index in [2.05, 4.69) is 11.9 Å². The number of fused-ring (bicyclic) bond motifs is 1. The number of para-hydroxylation sites is 1. The van der Waals surface area contributed by atoms with Gasteiger partial charge in [-0.15, -0.1) is 0 Å². The van der Waals surface area contributed by atoms with E-state index in [1.54, 1.807) is 53.4 Å². The molecule has 0 radical (unpaired) electrons. The lowest BCUT2D eigenvalue weighted by Crippen LogP contribution is -2.39. The summed E-state index contributed by atoms with van der Waals surface area (Å²) in [5.41, 5.74) is 1.53. The molecule has 25 heavy (non-hydrogen) atoms. The van der Waals surface area contributed by atoms with Crippen molar-refractivity contribution in [2.75, 3.05) is 22.5 Å². The van der Waals surface area contributed by atoms with E-state index >= 15 is 0 Å². The fourth-order valence-electron chi connectivity index (χ4n) is 2.67. The molecule has 0 aromatic heterocycles. The van der Waals surface area contributed by atoms with Crippen molar-refractivity contribution in [3.63, 3.8) is 0 Å². The molecule has 1 aliphatic heterocycles. The second-order valence-electron chi connectivity index (χ2n) is 5.57. The number of hydrogen-bond acceptors (Lipinski definition) is 4. The molecular formula is C18H17N3O3S. The van der Waals surface area contributed by atoms with Gasteiger partial charge < -0.3 is 10.2 Å². The summed E-state index contributed by atoms with van der Waals surface area (Å²) >= 11 is 0. The first kappa shape index (κ1) is 16.9. The van der Waals surface area contributed by atoms with Crippen LogP contribution in [0.2, 0.25) is 0 Å². The molecule has 0 bridgehead atoms. The van der Waals surface area contributed by atoms with Crippen molar-refractivity contribution in [2.45, 2.75) is 4.90 Å². The van der Waals surface area contributed by atoms with E-state index in [0.29, 0.717) is 21.8 Å². The summed E-state index contributed by atoms with van der Waals surface area (Å²) in [6.45, 7) is 3.61. The molecule has 1 atom stereocenters. The van der Waals surface area contributed by atoms with Gasteiger partial charge in [0.05, 0.1) is 26.1 Å². The zero-order valence-corrected chi connectivity index (χ0v) is 14.2. The molecule has 0 saturated heterocycles. The second-order valence-corrected chi connectivity index (χ2v) is 7.77. The minimum atomic E-state index is -2.86. The van der Waals surface area contributed by atoms with E-state index in [4.69, 9.17) is 4.78 Å². The number of anilines is 2. The van der Waals surface area contributed by atoms with Gasteiger partial charge in [0.1, 0.15) is 0 Å². The van der Waals surface area contributed by atoms with Gasteiger partial charge in [-0.2, -0.15) is 0 Å². The van der Waals surface area contributed by atoms with Crippen LogP contribution in [0.25, 0.3) is 0 Å². The van der Waals surface area contributed by atoms with E-state index in [1.807, 2.05) is 0 Å². The highest BCUT2D eigenvalue weighted by atomic mass is 32.2. The molecule has 0 spiro atoms. The summed E-state index contributed by atoms with van der Waals surface area (Å²) in [7, 11) is -2.86. The quantitative estimate of drug-likeness (QED) is 0.830. The molecule has 0 fully saturated rings. The van der Waals surface area contributed by atoms with E-state index in [9.17, 15) is 13.8 Å². The maximum Gasteiger partial charge on any atom is 0.258 e. The minimum absolute atomic E-state index is 0.114. The van der Waals surface area contributed by atoms with Gasteiger partial charge in [-0.05, 0) is 42.5 Å². The van der Waals surface area contributed by atoms with Crippen LogP contribution in [0.3, 0.4) is 0 Å². The summed E-state index contributed by atoms with van der Waals surface area (Å²) in [6.07, 6.45) is 1.17. The molecule has 1 heterocycles. The van der Waals surface area contributed by atoms with Crippen LogP contribution in [0.15, 0.2) is 66.1 Å². The molecule has 0 aliphatic carbocycles. The van der Waals surface area contributed by atoms with Crippen LogP contribution in [0, 0.1) is 4.78 Å². The molecule has 3 rings (SSSR count). The van der Waals surface area contributed by atoms with Crippen LogP contribution in [0.4, 0.5) is 11.4 Å². The van der Waals surface area contributed by atoms with E-state index in [0.717, 1.165) is 0 Å². The molecule has 6 nitrogen and oxygen atoms in total. The lowest BCUT2D eigenvalue weighted by Gasteiger charge is -2.30. The predicted molar refractivity (Wildman–Crippen MR) is 97.4 cm³/mol. The summed E-state index contributed by atoms with van der Waals surface area (Å²) in [5, 5.41) is 2.62. The van der Waals surface area contributed by atoms with Crippen LogP contribution in [0.1, 0.15) is 10.4 Å². The summed E-state index contributed by atoms with van der Waals surface area (Å²) in [6, 6.07) is 13.3. The minimum Gasteiger partial charge on any atom is -0.323 e. The van der Waals surface area contributed by atoms with Crippen molar-refractivity contribution >= 4 is 32.9 Å². The number of carbonyl (C=O) groups is 2. The highest BCUT2D eigenvalue weighted by Gasteiger charge is 2.29. The Bertz CT molecular complexity index is 950.